The summed E-state index contributed by atoms with van der Waals surface area (Å²) in [6.45, 7) is 7.48. The number of nitrogens with one attached hydrogen (secondary N) is 1. The maximum Gasteiger partial charge on any atom is 0.0776 e. The molecule has 3 heteroatoms. The third-order valence-corrected chi connectivity index (χ3v) is 2.24. The van der Waals surface area contributed by atoms with Gasteiger partial charge in [0.25, 0.3) is 0 Å². The van der Waals surface area contributed by atoms with E-state index in [0.29, 0.717) is 12.5 Å². The molecule has 0 radical (unpaired) electrons. The van der Waals surface area contributed by atoms with Gasteiger partial charge in [-0.15, -0.1) is 0 Å². The average Bonchev–Trinajstić information content (AvgIpc) is 2.05. The van der Waals surface area contributed by atoms with E-state index in [4.69, 9.17) is 4.74 Å². The van der Waals surface area contributed by atoms with Crippen molar-refractivity contribution < 1.29 is 4.74 Å². The van der Waals surface area contributed by atoms with Gasteiger partial charge in [0, 0.05) is 11.0 Å². The van der Waals surface area contributed by atoms with Crippen molar-refractivity contribution in [3.8, 4) is 0 Å². The lowest BCUT2D eigenvalue weighted by molar-refractivity contribution is 0.110. The Morgan fingerprint density at radius 1 is 1.67 bits per heavy atom. The van der Waals surface area contributed by atoms with Gasteiger partial charge in [0.15, 0.2) is 0 Å². The van der Waals surface area contributed by atoms with Gasteiger partial charge in [0.2, 0.25) is 0 Å². The minimum absolute atomic E-state index is 0.635. The first-order valence-electron chi connectivity index (χ1n) is 4.41. The molecule has 0 aliphatic carbocycles. The Kier molecular flexibility index (Phi) is 4.88. The molecule has 1 unspecified atom stereocenters. The van der Waals surface area contributed by atoms with Crippen LogP contribution in [0.2, 0.25) is 0 Å². The van der Waals surface area contributed by atoms with Gasteiger partial charge < -0.3 is 10.1 Å². The van der Waals surface area contributed by atoms with Crippen molar-refractivity contribution >= 4 is 15.9 Å². The highest BCUT2D eigenvalue weighted by Crippen LogP contribution is 2.11. The fraction of sp³-hybridized carbons (Fsp3) is 0.778. The van der Waals surface area contributed by atoms with Gasteiger partial charge >= 0.3 is 0 Å². The molecular weight excluding hydrogens is 218 g/mol. The first-order valence-corrected chi connectivity index (χ1v) is 5.20. The largest absolute Gasteiger partial charge is 0.376 e. The minimum Gasteiger partial charge on any atom is -0.376 e. The van der Waals surface area contributed by atoms with Gasteiger partial charge in [0.1, 0.15) is 0 Å². The van der Waals surface area contributed by atoms with Gasteiger partial charge in [-0.25, -0.2) is 0 Å². The third kappa shape index (κ3) is 4.24. The molecule has 0 aromatic carbocycles. The second kappa shape index (κ2) is 5.73. The molecule has 0 bridgehead atoms. The number of rotatable bonds is 4. The fourth-order valence-electron chi connectivity index (χ4n) is 1.40. The van der Waals surface area contributed by atoms with Crippen LogP contribution in [-0.2, 0) is 4.74 Å². The Balaban J connectivity index is 2.01. The highest BCUT2D eigenvalue weighted by molar-refractivity contribution is 9.11. The summed E-state index contributed by atoms with van der Waals surface area (Å²) >= 11 is 3.26. The van der Waals surface area contributed by atoms with Crippen molar-refractivity contribution in [3.05, 3.63) is 11.1 Å². The topological polar surface area (TPSA) is 21.3 Å². The van der Waals surface area contributed by atoms with E-state index in [-0.39, 0.29) is 0 Å². The van der Waals surface area contributed by atoms with E-state index < -0.39 is 0 Å². The van der Waals surface area contributed by atoms with Crippen LogP contribution in [0.4, 0.5) is 0 Å². The zero-order valence-electron chi connectivity index (χ0n) is 7.31. The molecule has 0 amide bonds. The maximum absolute atomic E-state index is 5.45. The Labute approximate surface area is 82.5 Å². The molecule has 1 fully saturated rings. The minimum atomic E-state index is 0.635. The van der Waals surface area contributed by atoms with E-state index in [9.17, 15) is 0 Å². The predicted octanol–water partition coefficient (Wildman–Crippen LogP) is 1.91. The predicted molar refractivity (Wildman–Crippen MR) is 54.5 cm³/mol. The molecule has 0 saturated carbocycles. The van der Waals surface area contributed by atoms with E-state index in [1.807, 2.05) is 0 Å². The molecule has 0 aromatic rings. The number of piperidine rings is 1. The fourth-order valence-corrected chi connectivity index (χ4v) is 1.56. The first-order chi connectivity index (χ1) is 5.79. The van der Waals surface area contributed by atoms with Crippen LogP contribution in [0.3, 0.4) is 0 Å². The van der Waals surface area contributed by atoms with Crippen LogP contribution in [0.1, 0.15) is 12.8 Å². The normalized spacial score (nSPS) is 23.9. The summed E-state index contributed by atoms with van der Waals surface area (Å²) in [5.41, 5.74) is 0. The van der Waals surface area contributed by atoms with Crippen molar-refractivity contribution in [2.24, 2.45) is 5.92 Å². The molecule has 0 spiro atoms. The van der Waals surface area contributed by atoms with Crippen molar-refractivity contribution in [1.82, 2.24) is 5.32 Å². The monoisotopic (exact) mass is 233 g/mol. The quantitative estimate of drug-likeness (QED) is 0.802. The molecule has 1 rings (SSSR count). The van der Waals surface area contributed by atoms with Gasteiger partial charge in [-0.05, 0) is 25.3 Å². The SMILES string of the molecule is C=C(Br)COCC1CCCNC1. The Hall–Kier alpha value is 0.140. The molecule has 1 N–H and O–H groups in total. The average molecular weight is 234 g/mol. The Bertz CT molecular complexity index is 143. The molecule has 70 valence electrons. The van der Waals surface area contributed by atoms with Crippen LogP contribution in [0.5, 0.6) is 0 Å². The summed E-state index contributed by atoms with van der Waals surface area (Å²) in [7, 11) is 0. The van der Waals surface area contributed by atoms with Gasteiger partial charge in [0.05, 0.1) is 13.2 Å². The standard InChI is InChI=1S/C9H16BrNO/c1-8(10)6-12-7-9-3-2-4-11-5-9/h9,11H,1-7H2. The lowest BCUT2D eigenvalue weighted by atomic mass is 10.0. The zero-order chi connectivity index (χ0) is 8.81. The van der Waals surface area contributed by atoms with Crippen molar-refractivity contribution in [2.75, 3.05) is 26.3 Å². The first kappa shape index (κ1) is 10.2. The molecule has 1 heterocycles. The van der Waals surface area contributed by atoms with Crippen molar-refractivity contribution in [1.29, 1.82) is 0 Å². The summed E-state index contributed by atoms with van der Waals surface area (Å²) < 4.78 is 6.37. The van der Waals surface area contributed by atoms with Gasteiger partial charge in [-0.2, -0.15) is 0 Å². The summed E-state index contributed by atoms with van der Waals surface area (Å²) in [5, 5.41) is 3.36. The molecule has 1 aliphatic heterocycles. The summed E-state index contributed by atoms with van der Waals surface area (Å²) in [6.07, 6.45) is 2.57. The van der Waals surface area contributed by atoms with Crippen LogP contribution in [-0.4, -0.2) is 26.3 Å². The molecule has 12 heavy (non-hydrogen) atoms. The van der Waals surface area contributed by atoms with E-state index in [0.717, 1.165) is 17.6 Å². The third-order valence-electron chi connectivity index (χ3n) is 2.01. The van der Waals surface area contributed by atoms with E-state index >= 15 is 0 Å². The van der Waals surface area contributed by atoms with Crippen molar-refractivity contribution in [3.63, 3.8) is 0 Å². The van der Waals surface area contributed by atoms with Crippen LogP contribution >= 0.6 is 15.9 Å². The second-order valence-electron chi connectivity index (χ2n) is 3.24. The molecule has 1 aliphatic rings. The second-order valence-corrected chi connectivity index (χ2v) is 4.37. The van der Waals surface area contributed by atoms with Crippen LogP contribution in [0, 0.1) is 5.92 Å². The van der Waals surface area contributed by atoms with Crippen LogP contribution in [0.15, 0.2) is 11.1 Å². The van der Waals surface area contributed by atoms with E-state index in [2.05, 4.69) is 27.8 Å². The number of hydrogen-bond donors (Lipinski definition) is 1. The summed E-state index contributed by atoms with van der Waals surface area (Å²) in [6, 6.07) is 0. The van der Waals surface area contributed by atoms with E-state index in [1.54, 1.807) is 0 Å². The molecular formula is C9H16BrNO. The number of hydrogen-bond acceptors (Lipinski definition) is 2. The molecule has 2 nitrogen and oxygen atoms in total. The van der Waals surface area contributed by atoms with Crippen molar-refractivity contribution in [2.45, 2.75) is 12.8 Å². The van der Waals surface area contributed by atoms with Gasteiger partial charge in [-0.3, -0.25) is 0 Å². The van der Waals surface area contributed by atoms with E-state index in [1.165, 1.54) is 19.4 Å². The Morgan fingerprint density at radius 2 is 2.50 bits per heavy atom. The van der Waals surface area contributed by atoms with Gasteiger partial charge in [-0.1, -0.05) is 22.5 Å². The Morgan fingerprint density at radius 3 is 3.08 bits per heavy atom. The zero-order valence-corrected chi connectivity index (χ0v) is 8.90. The number of ether oxygens (including phenoxy) is 1. The lowest BCUT2D eigenvalue weighted by Gasteiger charge is -2.22. The smallest absolute Gasteiger partial charge is 0.0776 e. The van der Waals surface area contributed by atoms with Crippen LogP contribution < -0.4 is 5.32 Å². The molecule has 0 aromatic heterocycles. The lowest BCUT2D eigenvalue weighted by Crippen LogP contribution is -2.32. The maximum atomic E-state index is 5.45. The number of halogens is 1. The molecule has 1 atom stereocenters. The van der Waals surface area contributed by atoms with Crippen LogP contribution in [0.25, 0.3) is 0 Å². The highest BCUT2D eigenvalue weighted by Gasteiger charge is 2.12. The summed E-state index contributed by atoms with van der Waals surface area (Å²) in [5.74, 6) is 0.700. The summed E-state index contributed by atoms with van der Waals surface area (Å²) in [4.78, 5) is 0. The highest BCUT2D eigenvalue weighted by atomic mass is 79.9. The molecule has 1 saturated heterocycles.